The number of piperidine rings is 1. The van der Waals surface area contributed by atoms with Crippen LogP contribution in [0.4, 0.5) is 23.0 Å². The van der Waals surface area contributed by atoms with E-state index in [1.54, 1.807) is 41.0 Å². The molecule has 0 spiro atoms. The van der Waals surface area contributed by atoms with Crippen LogP contribution >= 0.6 is 0 Å². The number of rotatable bonds is 13. The predicted octanol–water partition coefficient (Wildman–Crippen LogP) is 5.16. The third-order valence-corrected chi connectivity index (χ3v) is 12.1. The van der Waals surface area contributed by atoms with Crippen molar-refractivity contribution in [3.8, 4) is 11.3 Å². The molecule has 3 aromatic carbocycles. The third kappa shape index (κ3) is 8.67. The van der Waals surface area contributed by atoms with Crippen LogP contribution in [0.1, 0.15) is 44.6 Å². The van der Waals surface area contributed by atoms with Crippen molar-refractivity contribution in [1.29, 1.82) is 0 Å². The van der Waals surface area contributed by atoms with Crippen molar-refractivity contribution in [3.05, 3.63) is 108 Å². The molecule has 2 aliphatic heterocycles. The van der Waals surface area contributed by atoms with E-state index in [4.69, 9.17) is 0 Å². The standard InChI is InChI=1S/C43H45N9O6S/c1-59(57,58)32-18-12-29(13-19-32)36-9-6-10-38-46-43(48-52(36)38)45-30-14-16-31(17-15-30)49-25-27-50(28-26-49)40(54)11-3-2-4-23-44-35-8-5-7-34-33(35)22-24-51(42(34)56)37-20-21-39(53)47-41(37)55/h5-10,12-19,22,24,37,44H,2-4,11,20-21,23,25-28H2,1H3,(H,45,48)(H,47,53,55). The number of fused-ring (bicyclic) bond motifs is 2. The second kappa shape index (κ2) is 16.7. The maximum atomic E-state index is 13.3. The number of nitrogens with one attached hydrogen (secondary N) is 3. The Morgan fingerprint density at radius 3 is 2.36 bits per heavy atom. The Kier molecular flexibility index (Phi) is 11.1. The van der Waals surface area contributed by atoms with Gasteiger partial charge >= 0.3 is 0 Å². The van der Waals surface area contributed by atoms with Crippen LogP contribution in [0.3, 0.4) is 0 Å². The predicted molar refractivity (Wildman–Crippen MR) is 227 cm³/mol. The fraction of sp³-hybridized carbons (Fsp3) is 0.302. The van der Waals surface area contributed by atoms with Gasteiger partial charge in [-0.2, -0.15) is 4.98 Å². The van der Waals surface area contributed by atoms with Crippen LogP contribution in [0.25, 0.3) is 27.7 Å². The number of nitrogens with zero attached hydrogens (tertiary/aromatic N) is 6. The van der Waals surface area contributed by atoms with Gasteiger partial charge in [0.1, 0.15) is 6.04 Å². The molecule has 6 aromatic rings. The molecule has 304 valence electrons. The lowest BCUT2D eigenvalue weighted by molar-refractivity contribution is -0.136. The normalized spacial score (nSPS) is 16.1. The van der Waals surface area contributed by atoms with Gasteiger partial charge in [0.25, 0.3) is 5.56 Å². The summed E-state index contributed by atoms with van der Waals surface area (Å²) in [4.78, 5) is 59.4. The van der Waals surface area contributed by atoms with Crippen molar-refractivity contribution in [1.82, 2.24) is 29.4 Å². The first-order valence-electron chi connectivity index (χ1n) is 19.8. The molecule has 1 unspecified atom stereocenters. The van der Waals surface area contributed by atoms with E-state index in [1.807, 2.05) is 65.6 Å². The summed E-state index contributed by atoms with van der Waals surface area (Å²) in [6.45, 7) is 3.51. The Hall–Kier alpha value is -6.55. The van der Waals surface area contributed by atoms with Gasteiger partial charge in [0.05, 0.1) is 10.6 Å². The maximum Gasteiger partial charge on any atom is 0.259 e. The number of carbonyl (C=O) groups excluding carboxylic acids is 3. The zero-order chi connectivity index (χ0) is 41.1. The summed E-state index contributed by atoms with van der Waals surface area (Å²) >= 11 is 0. The third-order valence-electron chi connectivity index (χ3n) is 11.0. The van der Waals surface area contributed by atoms with Crippen molar-refractivity contribution in [2.45, 2.75) is 49.5 Å². The lowest BCUT2D eigenvalue weighted by Gasteiger charge is -2.36. The van der Waals surface area contributed by atoms with Crippen molar-refractivity contribution >= 4 is 67.0 Å². The number of carbonyl (C=O) groups is 3. The highest BCUT2D eigenvalue weighted by atomic mass is 32.2. The Morgan fingerprint density at radius 1 is 0.847 bits per heavy atom. The molecular formula is C43H45N9O6S. The molecule has 16 heteroatoms. The van der Waals surface area contributed by atoms with E-state index >= 15 is 0 Å². The molecule has 5 heterocycles. The average Bonchev–Trinajstić information content (AvgIpc) is 3.65. The number of amides is 3. The number of aromatic nitrogens is 4. The summed E-state index contributed by atoms with van der Waals surface area (Å²) in [6, 6.07) is 27.1. The molecule has 2 fully saturated rings. The maximum absolute atomic E-state index is 13.3. The summed E-state index contributed by atoms with van der Waals surface area (Å²) in [7, 11) is -3.29. The summed E-state index contributed by atoms with van der Waals surface area (Å²) in [5, 5.41) is 15.0. The van der Waals surface area contributed by atoms with Gasteiger partial charge in [-0.05, 0) is 86.0 Å². The van der Waals surface area contributed by atoms with Gasteiger partial charge in [-0.3, -0.25) is 24.5 Å². The highest BCUT2D eigenvalue weighted by molar-refractivity contribution is 7.90. The van der Waals surface area contributed by atoms with Crippen molar-refractivity contribution in [3.63, 3.8) is 0 Å². The molecule has 0 saturated carbocycles. The number of pyridine rings is 2. The van der Waals surface area contributed by atoms with Crippen LogP contribution in [-0.2, 0) is 24.2 Å². The van der Waals surface area contributed by atoms with Crippen LogP contribution in [-0.4, -0.2) is 89.2 Å². The number of sulfone groups is 1. The van der Waals surface area contributed by atoms with E-state index in [1.165, 1.54) is 10.8 Å². The fourth-order valence-electron chi connectivity index (χ4n) is 7.75. The quantitative estimate of drug-likeness (QED) is 0.104. The molecule has 0 bridgehead atoms. The van der Waals surface area contributed by atoms with Crippen LogP contribution in [0.2, 0.25) is 0 Å². The minimum atomic E-state index is -3.29. The van der Waals surface area contributed by atoms with E-state index in [-0.39, 0.29) is 28.7 Å². The van der Waals surface area contributed by atoms with Crippen molar-refractivity contribution in [2.75, 3.05) is 54.5 Å². The van der Waals surface area contributed by atoms with Gasteiger partial charge in [-0.25, -0.2) is 12.9 Å². The Labute approximate surface area is 341 Å². The summed E-state index contributed by atoms with van der Waals surface area (Å²) in [5.74, 6) is -0.160. The Bertz CT molecular complexity index is 2710. The van der Waals surface area contributed by atoms with Gasteiger partial charge in [0.15, 0.2) is 15.5 Å². The summed E-state index contributed by atoms with van der Waals surface area (Å²) in [5.41, 5.74) is 4.74. The van der Waals surface area contributed by atoms with Gasteiger partial charge in [0.2, 0.25) is 23.7 Å². The fourth-order valence-corrected chi connectivity index (χ4v) is 8.38. The summed E-state index contributed by atoms with van der Waals surface area (Å²) in [6.07, 6.45) is 6.37. The minimum absolute atomic E-state index is 0.174. The largest absolute Gasteiger partial charge is 0.385 e. The van der Waals surface area contributed by atoms with Crippen molar-refractivity contribution < 1.29 is 22.8 Å². The number of anilines is 4. The van der Waals surface area contributed by atoms with Gasteiger partial charge in [-0.1, -0.05) is 30.7 Å². The number of piperazine rings is 1. The molecular weight excluding hydrogens is 771 g/mol. The number of imide groups is 1. The molecule has 2 saturated heterocycles. The molecule has 0 radical (unpaired) electrons. The lowest BCUT2D eigenvalue weighted by Crippen LogP contribution is -2.48. The second-order valence-corrected chi connectivity index (χ2v) is 17.0. The highest BCUT2D eigenvalue weighted by Gasteiger charge is 2.29. The molecule has 8 rings (SSSR count). The molecule has 15 nitrogen and oxygen atoms in total. The van der Waals surface area contributed by atoms with Crippen molar-refractivity contribution in [2.24, 2.45) is 0 Å². The van der Waals surface area contributed by atoms with E-state index in [2.05, 4.69) is 30.9 Å². The lowest BCUT2D eigenvalue weighted by atomic mass is 10.0. The zero-order valence-electron chi connectivity index (χ0n) is 32.6. The molecule has 3 aromatic heterocycles. The van der Waals surface area contributed by atoms with E-state index in [0.29, 0.717) is 49.5 Å². The van der Waals surface area contributed by atoms with Crippen LogP contribution < -0.4 is 26.4 Å². The first-order valence-corrected chi connectivity index (χ1v) is 21.7. The smallest absolute Gasteiger partial charge is 0.259 e. The van der Waals surface area contributed by atoms with E-state index < -0.39 is 21.8 Å². The number of unbranched alkanes of at least 4 members (excludes halogenated alkanes) is 2. The number of benzene rings is 3. The second-order valence-electron chi connectivity index (χ2n) is 15.0. The van der Waals surface area contributed by atoms with Crippen LogP contribution in [0.5, 0.6) is 0 Å². The number of hydrogen-bond acceptors (Lipinski definition) is 11. The zero-order valence-corrected chi connectivity index (χ0v) is 33.5. The Morgan fingerprint density at radius 2 is 1.61 bits per heavy atom. The average molecular weight is 816 g/mol. The molecule has 1 atom stereocenters. The van der Waals surface area contributed by atoms with Gasteiger partial charge in [-0.15, -0.1) is 5.10 Å². The highest BCUT2D eigenvalue weighted by Crippen LogP contribution is 2.27. The van der Waals surface area contributed by atoms with Crippen LogP contribution in [0, 0.1) is 0 Å². The molecule has 0 aliphatic carbocycles. The van der Waals surface area contributed by atoms with Crippen LogP contribution in [0.15, 0.2) is 107 Å². The topological polar surface area (TPSA) is 180 Å². The summed E-state index contributed by atoms with van der Waals surface area (Å²) < 4.78 is 26.9. The molecule has 3 N–H and O–H groups in total. The minimum Gasteiger partial charge on any atom is -0.385 e. The SMILES string of the molecule is CS(=O)(=O)c1ccc(-c2cccc3nc(Nc4ccc(N5CCN(C(=O)CCCCCNc6cccc7c(=O)n(C8CCC(=O)NC8=O)ccc67)CC5)cc4)nn23)cc1. The molecule has 59 heavy (non-hydrogen) atoms. The first kappa shape index (κ1) is 39.3. The Balaban J connectivity index is 0.773. The van der Waals surface area contributed by atoms with E-state index in [9.17, 15) is 27.6 Å². The first-order chi connectivity index (χ1) is 28.5. The monoisotopic (exact) mass is 815 g/mol. The molecule has 2 aliphatic rings. The van der Waals surface area contributed by atoms with Gasteiger partial charge < -0.3 is 25.0 Å². The number of hydrogen-bond donors (Lipinski definition) is 3. The van der Waals surface area contributed by atoms with Gasteiger partial charge in [0, 0.05) is 91.4 Å². The molecule has 3 amide bonds. The van der Waals surface area contributed by atoms with E-state index in [0.717, 1.165) is 66.1 Å².